The third-order valence-electron chi connectivity index (χ3n) is 13.4. The number of aliphatic carboxylic acids is 3. The molecule has 82 heavy (non-hydrogen) atoms. The van der Waals surface area contributed by atoms with Gasteiger partial charge in [-0.2, -0.15) is 0 Å². The van der Waals surface area contributed by atoms with Gasteiger partial charge in [-0.3, -0.25) is 43.2 Å². The SMILES string of the molecule is NC(=O)[C@H](CCC(=O)O)NC(=O)[C@H](CCCC(=O)O)NC(=O)CCc1ccc(-c2cc(-c3cccc(-c4ncc(C[C@H](NC(=O)CCc5ccc(-c6cc(-c7ccccc7)cs6)cc5)C(=O)N[C@@H](CCC(=O)O)C(N)=O)[nH]4)c3)cs2)cc1. The average Bonchev–Trinajstić information content (AvgIpc) is 4.39. The van der Waals surface area contributed by atoms with Crippen LogP contribution in [0.2, 0.25) is 0 Å². The van der Waals surface area contributed by atoms with E-state index in [0.29, 0.717) is 24.4 Å². The summed E-state index contributed by atoms with van der Waals surface area (Å²) in [7, 11) is 0. The van der Waals surface area contributed by atoms with Gasteiger partial charge in [0.25, 0.3) is 0 Å². The monoisotopic (exact) mass is 1150 g/mol. The highest BCUT2D eigenvalue weighted by atomic mass is 32.1. The minimum absolute atomic E-state index is 0.0123. The number of amides is 6. The standard InChI is InChI=1S/C60H62N8O12S2/c61-56(77)45(22-26-54(73)74)67-59(79)47(10-5-11-53(71)72)65-51(69)24-16-35-14-20-39(21-15-35)50-30-43(34-82-50)40-8-4-9-41(28-40)58-63-32-44(64-58)31-48(60(80)68-46(57(62)78)23-27-55(75)76)66-52(70)25-17-36-12-18-38(19-13-36)49-29-42(33-81-49)37-6-2-1-3-7-37/h1-4,6-9,12-15,18-21,28-30,32-34,45-48H,5,10-11,16-17,22-27,31H2,(H2,61,77)(H2,62,78)(H,63,64)(H,65,69)(H,66,70)(H,67,79)(H,68,80)(H,71,72)(H,73,74)(H,75,76)/t45-,46-,47-,48-/m0/s1. The summed E-state index contributed by atoms with van der Waals surface area (Å²) in [4.78, 5) is 121. The molecule has 4 aromatic carbocycles. The third kappa shape index (κ3) is 18.1. The maximum Gasteiger partial charge on any atom is 0.303 e. The molecule has 426 valence electrons. The summed E-state index contributed by atoms with van der Waals surface area (Å²) in [6.45, 7) is 0. The number of hydrogen-bond donors (Lipinski definition) is 10. The van der Waals surface area contributed by atoms with Gasteiger partial charge in [0.2, 0.25) is 35.4 Å². The molecule has 3 aromatic heterocycles. The molecule has 0 aliphatic carbocycles. The lowest BCUT2D eigenvalue weighted by molar-refractivity contribution is -0.139. The molecule has 4 atom stereocenters. The van der Waals surface area contributed by atoms with E-state index >= 15 is 0 Å². The number of primary amides is 2. The highest BCUT2D eigenvalue weighted by Gasteiger charge is 2.29. The second-order valence-electron chi connectivity index (χ2n) is 19.5. The lowest BCUT2D eigenvalue weighted by Crippen LogP contribution is -2.53. The van der Waals surface area contributed by atoms with Gasteiger partial charge in [0.1, 0.15) is 30.0 Å². The summed E-state index contributed by atoms with van der Waals surface area (Å²) in [5.74, 6) is -7.25. The van der Waals surface area contributed by atoms with Crippen molar-refractivity contribution in [3.63, 3.8) is 0 Å². The van der Waals surface area contributed by atoms with E-state index in [0.717, 1.165) is 59.8 Å². The van der Waals surface area contributed by atoms with Crippen LogP contribution in [0.25, 0.3) is 54.5 Å². The molecule has 0 aliphatic rings. The maximum absolute atomic E-state index is 13.8. The highest BCUT2D eigenvalue weighted by Crippen LogP contribution is 2.35. The van der Waals surface area contributed by atoms with Crippen LogP contribution in [-0.4, -0.2) is 103 Å². The molecule has 3 heterocycles. The Morgan fingerprint density at radius 2 is 0.951 bits per heavy atom. The van der Waals surface area contributed by atoms with E-state index < -0.39 is 90.4 Å². The van der Waals surface area contributed by atoms with E-state index in [1.807, 2.05) is 102 Å². The van der Waals surface area contributed by atoms with Crippen LogP contribution in [0.15, 0.2) is 132 Å². The van der Waals surface area contributed by atoms with Crippen LogP contribution in [0.3, 0.4) is 0 Å². The molecule has 0 saturated carbocycles. The number of nitrogens with two attached hydrogens (primary N) is 2. The Labute approximate surface area is 479 Å². The molecule has 0 unspecified atom stereocenters. The van der Waals surface area contributed by atoms with Gasteiger partial charge < -0.3 is 53.0 Å². The normalized spacial score (nSPS) is 12.5. The van der Waals surface area contributed by atoms with Gasteiger partial charge in [-0.15, -0.1) is 22.7 Å². The van der Waals surface area contributed by atoms with Crippen LogP contribution in [0.4, 0.5) is 0 Å². The number of carboxylic acids is 3. The summed E-state index contributed by atoms with van der Waals surface area (Å²) in [5, 5.41) is 41.9. The fourth-order valence-corrected chi connectivity index (χ4v) is 10.7. The van der Waals surface area contributed by atoms with E-state index in [-0.39, 0.29) is 51.4 Å². The van der Waals surface area contributed by atoms with E-state index in [2.05, 4.69) is 54.8 Å². The number of thiophene rings is 2. The first kappa shape index (κ1) is 60.4. The van der Waals surface area contributed by atoms with Crippen molar-refractivity contribution in [3.05, 3.63) is 149 Å². The van der Waals surface area contributed by atoms with Gasteiger partial charge >= 0.3 is 17.9 Å². The van der Waals surface area contributed by atoms with Gasteiger partial charge in [0.05, 0.1) is 0 Å². The number of benzene rings is 4. The fourth-order valence-electron chi connectivity index (χ4n) is 8.89. The van der Waals surface area contributed by atoms with Crippen molar-refractivity contribution < 1.29 is 58.5 Å². The van der Waals surface area contributed by atoms with Crippen molar-refractivity contribution in [3.8, 4) is 54.5 Å². The number of aromatic amines is 1. The molecule has 12 N–H and O–H groups in total. The van der Waals surface area contributed by atoms with Gasteiger partial charge in [0.15, 0.2) is 0 Å². The lowest BCUT2D eigenvalue weighted by atomic mass is 10.0. The number of nitrogens with one attached hydrogen (secondary N) is 5. The van der Waals surface area contributed by atoms with Crippen molar-refractivity contribution in [2.24, 2.45) is 11.5 Å². The first-order chi connectivity index (χ1) is 39.4. The molecular formula is C60H62N8O12S2. The second-order valence-corrected chi connectivity index (χ2v) is 21.3. The Bertz CT molecular complexity index is 3390. The summed E-state index contributed by atoms with van der Waals surface area (Å²) in [6.07, 6.45) is 0.626. The molecule has 6 amide bonds. The minimum atomic E-state index is -1.30. The quantitative estimate of drug-likeness (QED) is 0.0212. The number of aromatic nitrogens is 2. The van der Waals surface area contributed by atoms with E-state index in [1.54, 1.807) is 17.5 Å². The molecule has 0 spiro atoms. The van der Waals surface area contributed by atoms with Crippen molar-refractivity contribution in [1.29, 1.82) is 0 Å². The molecule has 7 aromatic rings. The van der Waals surface area contributed by atoms with E-state index in [4.69, 9.17) is 21.7 Å². The van der Waals surface area contributed by atoms with Gasteiger partial charge in [-0.1, -0.05) is 97.1 Å². The Morgan fingerprint density at radius 3 is 1.46 bits per heavy atom. The molecule has 0 radical (unpaired) electrons. The smallest absolute Gasteiger partial charge is 0.303 e. The highest BCUT2D eigenvalue weighted by molar-refractivity contribution is 7.14. The Hall–Kier alpha value is -9.28. The number of H-pyrrole nitrogens is 1. The maximum atomic E-state index is 13.8. The predicted octanol–water partition coefficient (Wildman–Crippen LogP) is 6.87. The van der Waals surface area contributed by atoms with Gasteiger partial charge in [-0.25, -0.2) is 4.98 Å². The topological polar surface area (TPSA) is 343 Å². The largest absolute Gasteiger partial charge is 0.481 e. The Balaban J connectivity index is 0.962. The second kappa shape index (κ2) is 29.3. The summed E-state index contributed by atoms with van der Waals surface area (Å²) in [5.41, 5.74) is 20.0. The first-order valence-corrected chi connectivity index (χ1v) is 28.1. The molecule has 0 bridgehead atoms. The Morgan fingerprint density at radius 1 is 0.476 bits per heavy atom. The number of carbonyl (C=O) groups is 9. The molecule has 0 aliphatic heterocycles. The average molecular weight is 1150 g/mol. The predicted molar refractivity (Wildman–Crippen MR) is 310 cm³/mol. The summed E-state index contributed by atoms with van der Waals surface area (Å²) in [6, 6.07) is 32.6. The van der Waals surface area contributed by atoms with Crippen LogP contribution in [0, 0.1) is 0 Å². The van der Waals surface area contributed by atoms with Gasteiger partial charge in [0, 0.05) is 65.7 Å². The number of carbonyl (C=O) groups excluding carboxylic acids is 6. The van der Waals surface area contributed by atoms with Crippen molar-refractivity contribution in [1.82, 2.24) is 31.2 Å². The van der Waals surface area contributed by atoms with Crippen LogP contribution < -0.4 is 32.7 Å². The molecular weight excluding hydrogens is 1090 g/mol. The van der Waals surface area contributed by atoms with Crippen LogP contribution in [-0.2, 0) is 62.4 Å². The van der Waals surface area contributed by atoms with Crippen LogP contribution >= 0.6 is 22.7 Å². The number of carboxylic acid groups (broad SMARTS) is 3. The van der Waals surface area contributed by atoms with Crippen LogP contribution in [0.5, 0.6) is 0 Å². The molecule has 22 heteroatoms. The number of rotatable bonds is 31. The van der Waals surface area contributed by atoms with Crippen LogP contribution in [0.1, 0.15) is 74.6 Å². The number of nitrogens with zero attached hydrogens (tertiary/aromatic N) is 1. The minimum Gasteiger partial charge on any atom is -0.481 e. The zero-order valence-corrected chi connectivity index (χ0v) is 46.1. The fraction of sp³-hybridized carbons (Fsp3) is 0.267. The lowest BCUT2D eigenvalue weighted by Gasteiger charge is -2.21. The zero-order chi connectivity index (χ0) is 58.7. The summed E-state index contributed by atoms with van der Waals surface area (Å²) >= 11 is 3.18. The van der Waals surface area contributed by atoms with Crippen molar-refractivity contribution in [2.75, 3.05) is 0 Å². The molecule has 0 fully saturated rings. The molecule has 0 saturated heterocycles. The molecule has 7 rings (SSSR count). The van der Waals surface area contributed by atoms with E-state index in [1.165, 1.54) is 11.3 Å². The summed E-state index contributed by atoms with van der Waals surface area (Å²) < 4.78 is 0. The van der Waals surface area contributed by atoms with Crippen molar-refractivity contribution >= 4 is 76.0 Å². The zero-order valence-electron chi connectivity index (χ0n) is 44.4. The third-order valence-corrected chi connectivity index (χ3v) is 15.3. The Kier molecular flexibility index (Phi) is 21.5. The molecule has 20 nitrogen and oxygen atoms in total. The number of imidazole rings is 1. The first-order valence-electron chi connectivity index (χ1n) is 26.4. The van der Waals surface area contributed by atoms with Crippen molar-refractivity contribution in [2.45, 2.75) is 101 Å². The number of aryl methyl sites for hydroxylation is 2. The number of hydrogen-bond acceptors (Lipinski definition) is 12. The van der Waals surface area contributed by atoms with Gasteiger partial charge in [-0.05, 0) is 112 Å². The van der Waals surface area contributed by atoms with E-state index in [9.17, 15) is 48.3 Å².